The number of nitrogens with zero attached hydrogens (tertiary/aromatic N) is 3. The Balaban J connectivity index is 1.35. The Morgan fingerprint density at radius 3 is 2.28 bits per heavy atom. The lowest BCUT2D eigenvalue weighted by molar-refractivity contribution is -0.138. The summed E-state index contributed by atoms with van der Waals surface area (Å²) < 4.78 is 39.4. The van der Waals surface area contributed by atoms with Gasteiger partial charge in [-0.3, -0.25) is 9.59 Å². The van der Waals surface area contributed by atoms with Crippen LogP contribution in [0.25, 0.3) is 0 Å². The van der Waals surface area contributed by atoms with E-state index < -0.39 is 23.2 Å². The van der Waals surface area contributed by atoms with E-state index in [1.165, 1.54) is 18.3 Å². The molecule has 0 radical (unpaired) electrons. The molecule has 1 aromatic carbocycles. The first-order chi connectivity index (χ1) is 15.3. The van der Waals surface area contributed by atoms with Gasteiger partial charge in [0.05, 0.1) is 23.0 Å². The van der Waals surface area contributed by atoms with Crippen LogP contribution in [-0.4, -0.2) is 47.9 Å². The molecule has 9 heteroatoms. The summed E-state index contributed by atoms with van der Waals surface area (Å²) in [7, 11) is 0. The second-order valence-corrected chi connectivity index (χ2v) is 8.20. The Morgan fingerprint density at radius 2 is 1.66 bits per heavy atom. The van der Waals surface area contributed by atoms with Crippen LogP contribution in [0.15, 0.2) is 42.6 Å². The van der Waals surface area contributed by atoms with E-state index in [1.54, 1.807) is 12.1 Å². The molecule has 1 saturated heterocycles. The Bertz CT molecular complexity index is 964. The molecule has 32 heavy (non-hydrogen) atoms. The highest BCUT2D eigenvalue weighted by Crippen LogP contribution is 2.32. The van der Waals surface area contributed by atoms with E-state index in [9.17, 15) is 22.8 Å². The highest BCUT2D eigenvalue weighted by Gasteiger charge is 2.35. The van der Waals surface area contributed by atoms with Crippen LogP contribution in [-0.2, 0) is 11.0 Å². The summed E-state index contributed by atoms with van der Waals surface area (Å²) in [5, 5.41) is 2.48. The topological polar surface area (TPSA) is 65.5 Å². The van der Waals surface area contributed by atoms with Crippen LogP contribution in [0.5, 0.6) is 0 Å². The fourth-order valence-corrected chi connectivity index (χ4v) is 4.36. The number of rotatable bonds is 4. The maximum atomic E-state index is 13.1. The molecule has 2 heterocycles. The number of anilines is 2. The summed E-state index contributed by atoms with van der Waals surface area (Å²) in [6.45, 7) is 2.61. The predicted octanol–water partition coefficient (Wildman–Crippen LogP) is 4.19. The van der Waals surface area contributed by atoms with Crippen LogP contribution in [0.2, 0.25) is 0 Å². The van der Waals surface area contributed by atoms with Crippen molar-refractivity contribution in [3.05, 3.63) is 53.7 Å². The Kier molecular flexibility index (Phi) is 6.34. The number of hydrogen-bond donors (Lipinski definition) is 1. The van der Waals surface area contributed by atoms with E-state index >= 15 is 0 Å². The molecule has 0 bridgehead atoms. The number of carbonyl (C=O) groups is 2. The highest BCUT2D eigenvalue weighted by molar-refractivity contribution is 6.05. The minimum atomic E-state index is -4.61. The van der Waals surface area contributed by atoms with Crippen molar-refractivity contribution in [1.29, 1.82) is 0 Å². The van der Waals surface area contributed by atoms with E-state index in [1.807, 2.05) is 4.90 Å². The molecule has 2 fully saturated rings. The van der Waals surface area contributed by atoms with Crippen LogP contribution in [0, 0.1) is 5.92 Å². The number of nitrogens with one attached hydrogen (secondary N) is 1. The maximum absolute atomic E-state index is 13.1. The van der Waals surface area contributed by atoms with Crippen LogP contribution in [0.3, 0.4) is 0 Å². The van der Waals surface area contributed by atoms with Gasteiger partial charge in [-0.25, -0.2) is 4.98 Å². The minimum Gasteiger partial charge on any atom is -0.353 e. The van der Waals surface area contributed by atoms with Crippen molar-refractivity contribution in [2.24, 2.45) is 5.92 Å². The van der Waals surface area contributed by atoms with Crippen LogP contribution in [0.4, 0.5) is 24.7 Å². The van der Waals surface area contributed by atoms with Gasteiger partial charge in [0, 0.05) is 32.1 Å². The lowest BCUT2D eigenvalue weighted by Gasteiger charge is -2.36. The number of pyridine rings is 1. The molecular weight excluding hydrogens is 421 g/mol. The van der Waals surface area contributed by atoms with Crippen molar-refractivity contribution in [3.8, 4) is 0 Å². The molecule has 1 aliphatic carbocycles. The number of halogens is 3. The first-order valence-corrected chi connectivity index (χ1v) is 10.8. The van der Waals surface area contributed by atoms with Crippen molar-refractivity contribution >= 4 is 23.3 Å². The van der Waals surface area contributed by atoms with Gasteiger partial charge in [-0.1, -0.05) is 25.0 Å². The summed E-state index contributed by atoms with van der Waals surface area (Å²) in [4.78, 5) is 33.3. The quantitative estimate of drug-likeness (QED) is 0.765. The Morgan fingerprint density at radius 1 is 0.969 bits per heavy atom. The van der Waals surface area contributed by atoms with E-state index in [0.29, 0.717) is 37.7 Å². The first kappa shape index (κ1) is 22.1. The SMILES string of the molecule is O=C(Nc1ccc(N2CCN(C(=O)C3CCCC3)CC2)nc1)c1ccccc1C(F)(F)F. The molecule has 0 spiro atoms. The van der Waals surface area contributed by atoms with Gasteiger partial charge in [-0.15, -0.1) is 0 Å². The molecule has 1 N–H and O–H groups in total. The highest BCUT2D eigenvalue weighted by atomic mass is 19.4. The molecule has 2 amide bonds. The number of carbonyl (C=O) groups excluding carboxylic acids is 2. The van der Waals surface area contributed by atoms with Crippen molar-refractivity contribution in [1.82, 2.24) is 9.88 Å². The molecule has 1 saturated carbocycles. The smallest absolute Gasteiger partial charge is 0.353 e. The molecule has 2 aliphatic rings. The van der Waals surface area contributed by atoms with Crippen LogP contribution in [0.1, 0.15) is 41.6 Å². The van der Waals surface area contributed by atoms with Crippen LogP contribution < -0.4 is 10.2 Å². The first-order valence-electron chi connectivity index (χ1n) is 10.8. The summed E-state index contributed by atoms with van der Waals surface area (Å²) in [5.74, 6) is 0.288. The molecule has 0 unspecified atom stereocenters. The van der Waals surface area contributed by atoms with E-state index in [4.69, 9.17) is 0 Å². The van der Waals surface area contributed by atoms with E-state index in [2.05, 4.69) is 15.2 Å². The zero-order valence-corrected chi connectivity index (χ0v) is 17.6. The minimum absolute atomic E-state index is 0.171. The second kappa shape index (κ2) is 9.18. The Hall–Kier alpha value is -3.10. The van der Waals surface area contributed by atoms with Gasteiger partial charge in [-0.2, -0.15) is 13.2 Å². The number of hydrogen-bond acceptors (Lipinski definition) is 4. The molecule has 0 atom stereocenters. The lowest BCUT2D eigenvalue weighted by Crippen LogP contribution is -2.50. The number of aromatic nitrogens is 1. The lowest BCUT2D eigenvalue weighted by atomic mass is 10.1. The third-order valence-electron chi connectivity index (χ3n) is 6.10. The number of alkyl halides is 3. The van der Waals surface area contributed by atoms with E-state index in [-0.39, 0.29) is 11.8 Å². The Labute approximate surface area is 184 Å². The average Bonchev–Trinajstić information content (AvgIpc) is 3.34. The second-order valence-electron chi connectivity index (χ2n) is 8.20. The third kappa shape index (κ3) is 4.87. The molecule has 1 aromatic heterocycles. The van der Waals surface area contributed by atoms with Gasteiger partial charge in [0.2, 0.25) is 5.91 Å². The summed E-state index contributed by atoms with van der Waals surface area (Å²) in [6.07, 6.45) is 1.05. The molecule has 170 valence electrons. The standard InChI is InChI=1S/C23H25F3N4O2/c24-23(25,26)19-8-4-3-7-18(19)21(31)28-17-9-10-20(27-15-17)29-11-13-30(14-12-29)22(32)16-5-1-2-6-16/h3-4,7-10,15-16H,1-2,5-6,11-14H2,(H,28,31). The van der Waals surface area contributed by atoms with Crippen molar-refractivity contribution in [3.63, 3.8) is 0 Å². The van der Waals surface area contributed by atoms with Gasteiger partial charge in [-0.05, 0) is 37.1 Å². The molecule has 1 aliphatic heterocycles. The zero-order valence-electron chi connectivity index (χ0n) is 17.6. The monoisotopic (exact) mass is 446 g/mol. The number of benzene rings is 1. The molecular formula is C23H25F3N4O2. The van der Waals surface area contributed by atoms with Crippen LogP contribution >= 0.6 is 0 Å². The normalized spacial score (nSPS) is 17.5. The molecule has 2 aromatic rings. The third-order valence-corrected chi connectivity index (χ3v) is 6.10. The maximum Gasteiger partial charge on any atom is 0.417 e. The van der Waals surface area contributed by atoms with Crippen molar-refractivity contribution in [2.45, 2.75) is 31.9 Å². The van der Waals surface area contributed by atoms with Crippen molar-refractivity contribution < 1.29 is 22.8 Å². The summed E-state index contributed by atoms with van der Waals surface area (Å²) in [6, 6.07) is 8.01. The molecule has 6 nitrogen and oxygen atoms in total. The van der Waals surface area contributed by atoms with Gasteiger partial charge >= 0.3 is 6.18 Å². The number of amides is 2. The average molecular weight is 446 g/mol. The number of piperazine rings is 1. The molecule has 4 rings (SSSR count). The van der Waals surface area contributed by atoms with E-state index in [0.717, 1.165) is 37.8 Å². The fourth-order valence-electron chi connectivity index (χ4n) is 4.36. The van der Waals surface area contributed by atoms with Gasteiger partial charge in [0.25, 0.3) is 5.91 Å². The largest absolute Gasteiger partial charge is 0.417 e. The fraction of sp³-hybridized carbons (Fsp3) is 0.435. The van der Waals surface area contributed by atoms with Crippen molar-refractivity contribution in [2.75, 3.05) is 36.4 Å². The van der Waals surface area contributed by atoms with Gasteiger partial charge < -0.3 is 15.1 Å². The predicted molar refractivity (Wildman–Crippen MR) is 114 cm³/mol. The summed E-state index contributed by atoms with van der Waals surface area (Å²) in [5.41, 5.74) is -1.11. The van der Waals surface area contributed by atoms with Gasteiger partial charge in [0.15, 0.2) is 0 Å². The summed E-state index contributed by atoms with van der Waals surface area (Å²) >= 11 is 0. The van der Waals surface area contributed by atoms with Gasteiger partial charge in [0.1, 0.15) is 5.82 Å². The zero-order chi connectivity index (χ0) is 22.7.